The summed E-state index contributed by atoms with van der Waals surface area (Å²) in [6.45, 7) is 11.1. The maximum atomic E-state index is 2.46. The predicted octanol–water partition coefficient (Wildman–Crippen LogP) is 4.61. The van der Waals surface area contributed by atoms with Crippen molar-refractivity contribution in [2.75, 3.05) is 26.7 Å². The molecule has 0 fully saturated rings. The Labute approximate surface area is 104 Å². The van der Waals surface area contributed by atoms with Gasteiger partial charge < -0.3 is 4.48 Å². The molecule has 1 atom stereocenters. The van der Waals surface area contributed by atoms with Gasteiger partial charge in [-0.3, -0.25) is 0 Å². The summed E-state index contributed by atoms with van der Waals surface area (Å²) in [5.41, 5.74) is 0. The van der Waals surface area contributed by atoms with Crippen LogP contribution < -0.4 is 0 Å². The van der Waals surface area contributed by atoms with Gasteiger partial charge in [-0.25, -0.2) is 0 Å². The van der Waals surface area contributed by atoms with E-state index in [-0.39, 0.29) is 0 Å². The maximum Gasteiger partial charge on any atom is 0.0784 e. The number of rotatable bonds is 11. The van der Waals surface area contributed by atoms with E-state index in [4.69, 9.17) is 0 Å². The van der Waals surface area contributed by atoms with E-state index in [1.165, 1.54) is 75.5 Å². The van der Waals surface area contributed by atoms with Crippen molar-refractivity contribution < 1.29 is 4.48 Å². The first kappa shape index (κ1) is 16.0. The molecule has 0 saturated carbocycles. The quantitative estimate of drug-likeness (QED) is 0.358. The topological polar surface area (TPSA) is 0 Å². The third-order valence-electron chi connectivity index (χ3n) is 3.62. The lowest BCUT2D eigenvalue weighted by Gasteiger charge is -2.34. The van der Waals surface area contributed by atoms with Crippen LogP contribution in [0.15, 0.2) is 0 Å². The fourth-order valence-electron chi connectivity index (χ4n) is 2.54. The van der Waals surface area contributed by atoms with E-state index in [1.54, 1.807) is 0 Å². The Morgan fingerprint density at radius 2 is 1.06 bits per heavy atom. The summed E-state index contributed by atoms with van der Waals surface area (Å²) in [6.07, 6.45) is 11.1. The van der Waals surface area contributed by atoms with E-state index < -0.39 is 0 Å². The molecule has 98 valence electrons. The second kappa shape index (κ2) is 10.1. The van der Waals surface area contributed by atoms with Crippen LogP contribution in [0, 0.1) is 0 Å². The van der Waals surface area contributed by atoms with Crippen LogP contribution in [-0.2, 0) is 0 Å². The standard InChI is InChI=1S/C15H34N/c1-5-8-10-12-15-16(4,13-7-3)14-11-9-6-2/h5-15H2,1-4H3/q+1. The Bertz CT molecular complexity index is 144. The largest absolute Gasteiger partial charge is 0.326 e. The molecule has 0 saturated heterocycles. The zero-order valence-electron chi connectivity index (χ0n) is 12.2. The van der Waals surface area contributed by atoms with E-state index in [2.05, 4.69) is 27.8 Å². The van der Waals surface area contributed by atoms with Gasteiger partial charge in [0, 0.05) is 0 Å². The van der Waals surface area contributed by atoms with Crippen LogP contribution in [0.4, 0.5) is 0 Å². The van der Waals surface area contributed by atoms with Gasteiger partial charge in [-0.1, -0.05) is 40.0 Å². The predicted molar refractivity (Wildman–Crippen MR) is 74.7 cm³/mol. The molecular formula is C15H34N+. The Kier molecular flexibility index (Phi) is 10.1. The van der Waals surface area contributed by atoms with E-state index in [0.29, 0.717) is 0 Å². The molecule has 0 aromatic carbocycles. The van der Waals surface area contributed by atoms with Gasteiger partial charge >= 0.3 is 0 Å². The molecule has 1 nitrogen and oxygen atoms in total. The summed E-state index contributed by atoms with van der Waals surface area (Å²) in [7, 11) is 2.46. The number of nitrogens with zero attached hydrogens (tertiary/aromatic N) is 1. The molecule has 0 N–H and O–H groups in total. The Balaban J connectivity index is 3.81. The van der Waals surface area contributed by atoms with Crippen LogP contribution in [0.5, 0.6) is 0 Å². The summed E-state index contributed by atoms with van der Waals surface area (Å²) >= 11 is 0. The van der Waals surface area contributed by atoms with Crippen LogP contribution in [-0.4, -0.2) is 31.2 Å². The van der Waals surface area contributed by atoms with Gasteiger partial charge in [-0.05, 0) is 32.1 Å². The van der Waals surface area contributed by atoms with Gasteiger partial charge in [-0.2, -0.15) is 0 Å². The van der Waals surface area contributed by atoms with Gasteiger partial charge in [0.2, 0.25) is 0 Å². The van der Waals surface area contributed by atoms with Crippen LogP contribution in [0.25, 0.3) is 0 Å². The highest BCUT2D eigenvalue weighted by Crippen LogP contribution is 2.12. The molecule has 0 aliphatic rings. The van der Waals surface area contributed by atoms with E-state index in [0.717, 1.165) is 0 Å². The summed E-state index contributed by atoms with van der Waals surface area (Å²) in [5.74, 6) is 0. The first-order valence-electron chi connectivity index (χ1n) is 7.52. The Morgan fingerprint density at radius 1 is 0.562 bits per heavy atom. The van der Waals surface area contributed by atoms with Crippen LogP contribution in [0.3, 0.4) is 0 Å². The van der Waals surface area contributed by atoms with E-state index in [9.17, 15) is 0 Å². The summed E-state index contributed by atoms with van der Waals surface area (Å²) < 4.78 is 1.32. The first-order valence-corrected chi connectivity index (χ1v) is 7.52. The lowest BCUT2D eigenvalue weighted by atomic mass is 10.1. The SMILES string of the molecule is CCCCCC[N+](C)(CCC)CCCCC. The zero-order chi connectivity index (χ0) is 12.3. The van der Waals surface area contributed by atoms with Crippen molar-refractivity contribution >= 4 is 0 Å². The lowest BCUT2D eigenvalue weighted by molar-refractivity contribution is -0.910. The molecule has 1 heteroatoms. The minimum atomic E-state index is 1.32. The van der Waals surface area contributed by atoms with Crippen molar-refractivity contribution in [2.45, 2.75) is 72.1 Å². The lowest BCUT2D eigenvalue weighted by Crippen LogP contribution is -2.46. The maximum absolute atomic E-state index is 2.46. The second-order valence-electron chi connectivity index (χ2n) is 5.56. The number of hydrogen-bond acceptors (Lipinski definition) is 0. The molecular weight excluding hydrogens is 194 g/mol. The minimum Gasteiger partial charge on any atom is -0.326 e. The fourth-order valence-corrected chi connectivity index (χ4v) is 2.54. The Morgan fingerprint density at radius 3 is 1.56 bits per heavy atom. The molecule has 0 spiro atoms. The van der Waals surface area contributed by atoms with Crippen molar-refractivity contribution in [3.63, 3.8) is 0 Å². The molecule has 0 aromatic rings. The normalized spacial score (nSPS) is 15.0. The highest BCUT2D eigenvalue weighted by atomic mass is 15.3. The molecule has 0 bridgehead atoms. The molecule has 0 rings (SSSR count). The zero-order valence-corrected chi connectivity index (χ0v) is 12.2. The minimum absolute atomic E-state index is 1.32. The molecule has 16 heavy (non-hydrogen) atoms. The van der Waals surface area contributed by atoms with Crippen molar-refractivity contribution in [1.82, 2.24) is 0 Å². The molecule has 0 aliphatic carbocycles. The molecule has 0 radical (unpaired) electrons. The summed E-state index contributed by atoms with van der Waals surface area (Å²) in [4.78, 5) is 0. The van der Waals surface area contributed by atoms with Crippen LogP contribution >= 0.6 is 0 Å². The number of quaternary nitrogens is 1. The highest BCUT2D eigenvalue weighted by molar-refractivity contribution is 4.45. The monoisotopic (exact) mass is 228 g/mol. The van der Waals surface area contributed by atoms with E-state index >= 15 is 0 Å². The third kappa shape index (κ3) is 8.15. The first-order chi connectivity index (χ1) is 7.68. The molecule has 0 aliphatic heterocycles. The van der Waals surface area contributed by atoms with Crippen molar-refractivity contribution in [3.05, 3.63) is 0 Å². The van der Waals surface area contributed by atoms with Crippen molar-refractivity contribution in [1.29, 1.82) is 0 Å². The van der Waals surface area contributed by atoms with Gasteiger partial charge in [-0.15, -0.1) is 0 Å². The Hall–Kier alpha value is -0.0400. The molecule has 0 amide bonds. The molecule has 1 unspecified atom stereocenters. The average Bonchev–Trinajstić information content (AvgIpc) is 2.25. The number of unbranched alkanes of at least 4 members (excludes halogenated alkanes) is 5. The second-order valence-corrected chi connectivity index (χ2v) is 5.56. The number of hydrogen-bond donors (Lipinski definition) is 0. The third-order valence-corrected chi connectivity index (χ3v) is 3.62. The fraction of sp³-hybridized carbons (Fsp3) is 1.00. The van der Waals surface area contributed by atoms with E-state index in [1.807, 2.05) is 0 Å². The van der Waals surface area contributed by atoms with Gasteiger partial charge in [0.1, 0.15) is 0 Å². The smallest absolute Gasteiger partial charge is 0.0784 e. The van der Waals surface area contributed by atoms with Crippen LogP contribution in [0.2, 0.25) is 0 Å². The van der Waals surface area contributed by atoms with Gasteiger partial charge in [0.15, 0.2) is 0 Å². The summed E-state index contributed by atoms with van der Waals surface area (Å²) in [5, 5.41) is 0. The van der Waals surface area contributed by atoms with Gasteiger partial charge in [0.25, 0.3) is 0 Å². The van der Waals surface area contributed by atoms with Crippen molar-refractivity contribution in [3.8, 4) is 0 Å². The molecule has 0 heterocycles. The van der Waals surface area contributed by atoms with Crippen molar-refractivity contribution in [2.24, 2.45) is 0 Å². The molecule has 0 aromatic heterocycles. The highest BCUT2D eigenvalue weighted by Gasteiger charge is 2.18. The van der Waals surface area contributed by atoms with Gasteiger partial charge in [0.05, 0.1) is 26.7 Å². The summed E-state index contributed by atoms with van der Waals surface area (Å²) in [6, 6.07) is 0. The van der Waals surface area contributed by atoms with Crippen LogP contribution in [0.1, 0.15) is 72.1 Å². The average molecular weight is 228 g/mol.